The van der Waals surface area contributed by atoms with Crippen LogP contribution in [0.3, 0.4) is 0 Å². The van der Waals surface area contributed by atoms with Crippen molar-refractivity contribution in [3.8, 4) is 11.8 Å². The first-order valence-electron chi connectivity index (χ1n) is 6.91. The topological polar surface area (TPSA) is 71.2 Å². The third-order valence-electron chi connectivity index (χ3n) is 2.81. The lowest BCUT2D eigenvalue weighted by Gasteiger charge is -2.28. The summed E-state index contributed by atoms with van der Waals surface area (Å²) in [5.74, 6) is 5.49. The molecule has 1 aromatic rings. The predicted octanol–water partition coefficient (Wildman–Crippen LogP) is 0.709. The molecule has 0 saturated carbocycles. The molecular formula is C16H24N4O. The first kappa shape index (κ1) is 17.2. The van der Waals surface area contributed by atoms with E-state index in [0.717, 1.165) is 6.54 Å². The molecule has 0 saturated heterocycles. The molecule has 0 spiro atoms. The summed E-state index contributed by atoms with van der Waals surface area (Å²) < 4.78 is 0. The smallest absolute Gasteiger partial charge is 0.252 e. The third kappa shape index (κ3) is 6.39. The minimum absolute atomic E-state index is 0.00353. The van der Waals surface area contributed by atoms with E-state index in [4.69, 9.17) is 5.73 Å². The molecule has 1 aromatic heterocycles. The van der Waals surface area contributed by atoms with Crippen LogP contribution < -0.4 is 11.1 Å². The van der Waals surface area contributed by atoms with Gasteiger partial charge in [-0.25, -0.2) is 0 Å². The number of rotatable bonds is 5. The molecule has 1 amide bonds. The highest BCUT2D eigenvalue weighted by Crippen LogP contribution is 2.14. The minimum atomic E-state index is -0.134. The zero-order valence-electron chi connectivity index (χ0n) is 13.2. The van der Waals surface area contributed by atoms with E-state index in [2.05, 4.69) is 40.9 Å². The lowest BCUT2D eigenvalue weighted by Crippen LogP contribution is -2.40. The monoisotopic (exact) mass is 288 g/mol. The summed E-state index contributed by atoms with van der Waals surface area (Å²) >= 11 is 0. The molecule has 5 nitrogen and oxygen atoms in total. The van der Waals surface area contributed by atoms with E-state index in [1.165, 1.54) is 0 Å². The number of carbonyl (C=O) groups excluding carboxylic acids is 1. The van der Waals surface area contributed by atoms with Gasteiger partial charge in [-0.3, -0.25) is 9.78 Å². The molecule has 3 N–H and O–H groups in total. The fourth-order valence-electron chi connectivity index (χ4n) is 2.12. The Morgan fingerprint density at radius 2 is 2.14 bits per heavy atom. The van der Waals surface area contributed by atoms with Crippen LogP contribution in [-0.4, -0.2) is 49.5 Å². The highest BCUT2D eigenvalue weighted by Gasteiger charge is 2.20. The molecule has 0 aromatic carbocycles. The van der Waals surface area contributed by atoms with Crippen molar-refractivity contribution in [2.24, 2.45) is 11.1 Å². The van der Waals surface area contributed by atoms with Crippen LogP contribution in [0.4, 0.5) is 0 Å². The van der Waals surface area contributed by atoms with E-state index in [-0.39, 0.29) is 17.9 Å². The van der Waals surface area contributed by atoms with Gasteiger partial charge < -0.3 is 16.0 Å². The molecule has 1 heterocycles. The second-order valence-corrected chi connectivity index (χ2v) is 6.05. The van der Waals surface area contributed by atoms with E-state index in [9.17, 15) is 4.79 Å². The summed E-state index contributed by atoms with van der Waals surface area (Å²) in [5, 5.41) is 2.95. The van der Waals surface area contributed by atoms with Crippen LogP contribution >= 0.6 is 0 Å². The van der Waals surface area contributed by atoms with E-state index in [1.54, 1.807) is 18.5 Å². The normalized spacial score (nSPS) is 11.0. The highest BCUT2D eigenvalue weighted by atomic mass is 16.1. The zero-order chi connectivity index (χ0) is 15.9. The number of hydrogen-bond donors (Lipinski definition) is 2. The van der Waals surface area contributed by atoms with Gasteiger partial charge in [0.05, 0.1) is 12.1 Å². The summed E-state index contributed by atoms with van der Waals surface area (Å²) in [5.41, 5.74) is 6.54. The molecule has 0 bridgehead atoms. The summed E-state index contributed by atoms with van der Waals surface area (Å²) in [4.78, 5) is 18.3. The molecule has 0 atom stereocenters. The van der Waals surface area contributed by atoms with Gasteiger partial charge in [-0.05, 0) is 25.6 Å². The molecule has 5 heteroatoms. The maximum atomic E-state index is 12.2. The number of amides is 1. The minimum Gasteiger partial charge on any atom is -0.351 e. The average molecular weight is 288 g/mol. The Balaban J connectivity index is 2.68. The van der Waals surface area contributed by atoms with Crippen LogP contribution in [0.15, 0.2) is 18.5 Å². The first-order chi connectivity index (χ1) is 9.84. The molecule has 0 aliphatic heterocycles. The van der Waals surface area contributed by atoms with Crippen molar-refractivity contribution in [1.82, 2.24) is 15.2 Å². The van der Waals surface area contributed by atoms with Gasteiger partial charge in [0.15, 0.2) is 0 Å². The van der Waals surface area contributed by atoms with Gasteiger partial charge in [-0.1, -0.05) is 25.7 Å². The maximum absolute atomic E-state index is 12.2. The second-order valence-electron chi connectivity index (χ2n) is 6.05. The summed E-state index contributed by atoms with van der Waals surface area (Å²) in [7, 11) is 4.04. The van der Waals surface area contributed by atoms with Crippen LogP contribution in [0.5, 0.6) is 0 Å². The first-order valence-corrected chi connectivity index (χ1v) is 6.91. The molecule has 0 unspecified atom stereocenters. The maximum Gasteiger partial charge on any atom is 0.252 e. The van der Waals surface area contributed by atoms with Gasteiger partial charge >= 0.3 is 0 Å². The van der Waals surface area contributed by atoms with Crippen LogP contribution in [0, 0.1) is 17.3 Å². The predicted molar refractivity (Wildman–Crippen MR) is 84.8 cm³/mol. The number of hydrogen-bond acceptors (Lipinski definition) is 4. The van der Waals surface area contributed by atoms with Crippen LogP contribution in [-0.2, 0) is 0 Å². The largest absolute Gasteiger partial charge is 0.351 e. The van der Waals surface area contributed by atoms with Gasteiger partial charge in [0.25, 0.3) is 5.91 Å². The Labute approximate surface area is 126 Å². The van der Waals surface area contributed by atoms with Gasteiger partial charge in [0.2, 0.25) is 0 Å². The van der Waals surface area contributed by atoms with Crippen LogP contribution in [0.1, 0.15) is 29.8 Å². The van der Waals surface area contributed by atoms with Crippen molar-refractivity contribution < 1.29 is 4.79 Å². The van der Waals surface area contributed by atoms with Gasteiger partial charge in [-0.15, -0.1) is 0 Å². The molecule has 0 radical (unpaired) electrons. The molecule has 114 valence electrons. The summed E-state index contributed by atoms with van der Waals surface area (Å²) in [6.45, 7) is 6.02. The number of nitrogens with two attached hydrogens (primary N) is 1. The van der Waals surface area contributed by atoms with E-state index in [0.29, 0.717) is 17.7 Å². The molecule has 0 aliphatic carbocycles. The van der Waals surface area contributed by atoms with Crippen molar-refractivity contribution >= 4 is 5.91 Å². The zero-order valence-corrected chi connectivity index (χ0v) is 13.2. The average Bonchev–Trinajstić information content (AvgIpc) is 2.41. The van der Waals surface area contributed by atoms with Gasteiger partial charge in [-0.2, -0.15) is 0 Å². The summed E-state index contributed by atoms with van der Waals surface area (Å²) in [6, 6.07) is 1.73. The van der Waals surface area contributed by atoms with Crippen molar-refractivity contribution in [1.29, 1.82) is 0 Å². The molecule has 1 rings (SSSR count). The Bertz CT molecular complexity index is 541. The van der Waals surface area contributed by atoms with Crippen molar-refractivity contribution in [2.75, 3.05) is 33.7 Å². The standard InChI is InChI=1S/C16H24N4O/c1-16(2,12-20(3)4)11-19-15(21)14-8-13(6-5-7-17)9-18-10-14/h8-10H,7,11-12,17H2,1-4H3,(H,19,21). The molecule has 21 heavy (non-hydrogen) atoms. The molecular weight excluding hydrogens is 264 g/mol. The third-order valence-corrected chi connectivity index (χ3v) is 2.81. The number of carbonyl (C=O) groups is 1. The lowest BCUT2D eigenvalue weighted by molar-refractivity contribution is 0.0929. The van der Waals surface area contributed by atoms with Gasteiger partial charge in [0, 0.05) is 31.0 Å². The Hall–Kier alpha value is -1.90. The van der Waals surface area contributed by atoms with E-state index >= 15 is 0 Å². The number of nitrogens with zero attached hydrogens (tertiary/aromatic N) is 2. The van der Waals surface area contributed by atoms with Crippen molar-refractivity contribution in [2.45, 2.75) is 13.8 Å². The SMILES string of the molecule is CN(C)CC(C)(C)CNC(=O)c1cncc(C#CCN)c1. The van der Waals surface area contributed by atoms with Gasteiger partial charge in [0.1, 0.15) is 0 Å². The van der Waals surface area contributed by atoms with Crippen LogP contribution in [0.25, 0.3) is 0 Å². The Kier molecular flexibility index (Phi) is 6.35. The molecule has 0 aliphatic rings. The second kappa shape index (κ2) is 7.77. The lowest BCUT2D eigenvalue weighted by atomic mass is 9.93. The Morgan fingerprint density at radius 3 is 2.76 bits per heavy atom. The van der Waals surface area contributed by atoms with E-state index < -0.39 is 0 Å². The highest BCUT2D eigenvalue weighted by molar-refractivity contribution is 5.94. The van der Waals surface area contributed by atoms with Crippen LogP contribution in [0.2, 0.25) is 0 Å². The van der Waals surface area contributed by atoms with E-state index in [1.807, 2.05) is 14.1 Å². The quantitative estimate of drug-likeness (QED) is 0.783. The fourth-order valence-corrected chi connectivity index (χ4v) is 2.12. The fraction of sp³-hybridized carbons (Fsp3) is 0.500. The number of nitrogens with one attached hydrogen (secondary N) is 1. The van der Waals surface area contributed by atoms with Crippen molar-refractivity contribution in [3.05, 3.63) is 29.6 Å². The molecule has 0 fully saturated rings. The summed E-state index contributed by atoms with van der Waals surface area (Å²) in [6.07, 6.45) is 3.16. The number of pyridine rings is 1. The Morgan fingerprint density at radius 1 is 1.43 bits per heavy atom. The van der Waals surface area contributed by atoms with Crippen molar-refractivity contribution in [3.63, 3.8) is 0 Å². The number of aromatic nitrogens is 1.